The number of nitrogens with one attached hydrogen (secondary N) is 1. The topological polar surface area (TPSA) is 15.3 Å². The van der Waals surface area contributed by atoms with Gasteiger partial charge in [-0.3, -0.25) is 0 Å². The normalized spacial score (nSPS) is 29.2. The predicted molar refractivity (Wildman–Crippen MR) is 83.5 cm³/mol. The van der Waals surface area contributed by atoms with Crippen molar-refractivity contribution in [1.82, 2.24) is 10.2 Å². The number of hydrogen-bond acceptors (Lipinski definition) is 2. The van der Waals surface area contributed by atoms with Crippen molar-refractivity contribution in [2.24, 2.45) is 5.92 Å². The van der Waals surface area contributed by atoms with E-state index in [0.717, 1.165) is 24.5 Å². The van der Waals surface area contributed by atoms with Crippen molar-refractivity contribution in [2.75, 3.05) is 19.6 Å². The zero-order valence-electron chi connectivity index (χ0n) is 13.2. The largest absolute Gasteiger partial charge is 0.314 e. The van der Waals surface area contributed by atoms with Crippen LogP contribution in [0.1, 0.15) is 71.6 Å². The molecule has 0 aromatic rings. The first-order valence-corrected chi connectivity index (χ1v) is 8.82. The molecule has 2 saturated carbocycles. The Hall–Kier alpha value is -0.0800. The average molecular weight is 266 g/mol. The summed E-state index contributed by atoms with van der Waals surface area (Å²) in [6.45, 7) is 8.33. The Morgan fingerprint density at radius 1 is 0.947 bits per heavy atom. The van der Waals surface area contributed by atoms with Crippen molar-refractivity contribution in [3.63, 3.8) is 0 Å². The highest BCUT2D eigenvalue weighted by Crippen LogP contribution is 2.30. The summed E-state index contributed by atoms with van der Waals surface area (Å²) < 4.78 is 0. The monoisotopic (exact) mass is 266 g/mol. The minimum Gasteiger partial charge on any atom is -0.314 e. The minimum absolute atomic E-state index is 0.815. The molecule has 0 spiro atoms. The fourth-order valence-corrected chi connectivity index (χ4v) is 4.29. The van der Waals surface area contributed by atoms with Gasteiger partial charge in [-0.1, -0.05) is 39.5 Å². The Balaban J connectivity index is 1.75. The van der Waals surface area contributed by atoms with Crippen molar-refractivity contribution in [3.8, 4) is 0 Å². The Morgan fingerprint density at radius 3 is 2.42 bits per heavy atom. The van der Waals surface area contributed by atoms with Crippen LogP contribution in [0.4, 0.5) is 0 Å². The highest BCUT2D eigenvalue weighted by atomic mass is 15.1. The molecule has 0 aromatic heterocycles. The highest BCUT2D eigenvalue weighted by molar-refractivity contribution is 4.84. The van der Waals surface area contributed by atoms with E-state index in [-0.39, 0.29) is 0 Å². The van der Waals surface area contributed by atoms with Crippen LogP contribution in [0.3, 0.4) is 0 Å². The number of nitrogens with zero attached hydrogens (tertiary/aromatic N) is 1. The third kappa shape index (κ3) is 4.46. The molecule has 2 aliphatic carbocycles. The Morgan fingerprint density at radius 2 is 1.74 bits per heavy atom. The minimum atomic E-state index is 0.815. The lowest BCUT2D eigenvalue weighted by Crippen LogP contribution is -2.39. The summed E-state index contributed by atoms with van der Waals surface area (Å²) in [5, 5.41) is 3.70. The van der Waals surface area contributed by atoms with Gasteiger partial charge < -0.3 is 10.2 Å². The van der Waals surface area contributed by atoms with Gasteiger partial charge in [0.15, 0.2) is 0 Å². The third-order valence-corrected chi connectivity index (χ3v) is 5.41. The summed E-state index contributed by atoms with van der Waals surface area (Å²) in [7, 11) is 0. The first-order valence-electron chi connectivity index (χ1n) is 8.82. The van der Waals surface area contributed by atoms with Crippen LogP contribution in [0.2, 0.25) is 0 Å². The van der Waals surface area contributed by atoms with E-state index in [0.29, 0.717) is 0 Å². The first-order chi connectivity index (χ1) is 9.35. The van der Waals surface area contributed by atoms with E-state index in [1.54, 1.807) is 0 Å². The van der Waals surface area contributed by atoms with Gasteiger partial charge in [-0.25, -0.2) is 0 Å². The van der Waals surface area contributed by atoms with Gasteiger partial charge >= 0.3 is 0 Å². The van der Waals surface area contributed by atoms with E-state index in [9.17, 15) is 0 Å². The van der Waals surface area contributed by atoms with E-state index >= 15 is 0 Å². The van der Waals surface area contributed by atoms with E-state index in [4.69, 9.17) is 0 Å². The molecule has 2 nitrogen and oxygen atoms in total. The van der Waals surface area contributed by atoms with Gasteiger partial charge in [-0.2, -0.15) is 0 Å². The van der Waals surface area contributed by atoms with E-state index in [1.165, 1.54) is 70.9 Å². The van der Waals surface area contributed by atoms with E-state index in [1.807, 2.05) is 0 Å². The van der Waals surface area contributed by atoms with E-state index < -0.39 is 0 Å². The Kier molecular flexibility index (Phi) is 6.66. The zero-order valence-corrected chi connectivity index (χ0v) is 13.2. The van der Waals surface area contributed by atoms with Gasteiger partial charge in [0.1, 0.15) is 0 Å². The molecule has 2 fully saturated rings. The van der Waals surface area contributed by atoms with E-state index in [2.05, 4.69) is 24.1 Å². The highest BCUT2D eigenvalue weighted by Gasteiger charge is 2.27. The van der Waals surface area contributed by atoms with Gasteiger partial charge in [0.2, 0.25) is 0 Å². The van der Waals surface area contributed by atoms with Crippen LogP contribution in [0.5, 0.6) is 0 Å². The summed E-state index contributed by atoms with van der Waals surface area (Å²) in [5.74, 6) is 0.942. The van der Waals surface area contributed by atoms with Crippen LogP contribution >= 0.6 is 0 Å². The van der Waals surface area contributed by atoms with Gasteiger partial charge in [0, 0.05) is 12.1 Å². The van der Waals surface area contributed by atoms with Crippen LogP contribution in [0.15, 0.2) is 0 Å². The van der Waals surface area contributed by atoms with Gasteiger partial charge in [-0.05, 0) is 57.7 Å². The second-order valence-electron chi connectivity index (χ2n) is 6.56. The SMILES string of the molecule is CCNC1CCCC1CCN(CC)C1CCCCC1. The molecular weight excluding hydrogens is 232 g/mol. The molecule has 0 radical (unpaired) electrons. The molecular formula is C17H34N2. The molecule has 2 aliphatic rings. The molecule has 2 atom stereocenters. The molecule has 0 aliphatic heterocycles. The molecule has 0 bridgehead atoms. The zero-order chi connectivity index (χ0) is 13.5. The summed E-state index contributed by atoms with van der Waals surface area (Å²) in [5.41, 5.74) is 0. The Bertz CT molecular complexity index is 235. The van der Waals surface area contributed by atoms with Crippen LogP contribution < -0.4 is 5.32 Å². The smallest absolute Gasteiger partial charge is 0.00956 e. The fraction of sp³-hybridized carbons (Fsp3) is 1.00. The third-order valence-electron chi connectivity index (χ3n) is 5.41. The molecule has 2 heteroatoms. The van der Waals surface area contributed by atoms with Crippen LogP contribution in [-0.4, -0.2) is 36.6 Å². The van der Waals surface area contributed by atoms with Gasteiger partial charge in [-0.15, -0.1) is 0 Å². The lowest BCUT2D eigenvalue weighted by molar-refractivity contribution is 0.151. The van der Waals surface area contributed by atoms with Crippen molar-refractivity contribution < 1.29 is 0 Å². The molecule has 1 N–H and O–H groups in total. The predicted octanol–water partition coefficient (Wildman–Crippen LogP) is 3.81. The molecule has 2 rings (SSSR count). The van der Waals surface area contributed by atoms with Crippen molar-refractivity contribution in [1.29, 1.82) is 0 Å². The molecule has 19 heavy (non-hydrogen) atoms. The number of rotatable bonds is 7. The fourth-order valence-electron chi connectivity index (χ4n) is 4.29. The number of hydrogen-bond donors (Lipinski definition) is 1. The lowest BCUT2D eigenvalue weighted by Gasteiger charge is -2.34. The summed E-state index contributed by atoms with van der Waals surface area (Å²) in [6, 6.07) is 1.72. The second kappa shape index (κ2) is 8.26. The molecule has 0 amide bonds. The van der Waals surface area contributed by atoms with Crippen LogP contribution in [0, 0.1) is 5.92 Å². The molecule has 0 saturated heterocycles. The first kappa shape index (κ1) is 15.3. The van der Waals surface area contributed by atoms with Crippen molar-refractivity contribution in [2.45, 2.75) is 83.7 Å². The summed E-state index contributed by atoms with van der Waals surface area (Å²) >= 11 is 0. The average Bonchev–Trinajstić information content (AvgIpc) is 2.89. The van der Waals surface area contributed by atoms with Crippen molar-refractivity contribution in [3.05, 3.63) is 0 Å². The molecule has 0 heterocycles. The lowest BCUT2D eigenvalue weighted by atomic mass is 9.93. The maximum absolute atomic E-state index is 3.70. The van der Waals surface area contributed by atoms with Crippen molar-refractivity contribution >= 4 is 0 Å². The molecule has 0 aromatic carbocycles. The summed E-state index contributed by atoms with van der Waals surface area (Å²) in [6.07, 6.45) is 13.0. The quantitative estimate of drug-likeness (QED) is 0.754. The molecule has 2 unspecified atom stereocenters. The Labute approximate surface area is 120 Å². The van der Waals surface area contributed by atoms with Crippen LogP contribution in [-0.2, 0) is 0 Å². The van der Waals surface area contributed by atoms with Crippen LogP contribution in [0.25, 0.3) is 0 Å². The maximum Gasteiger partial charge on any atom is 0.00956 e. The van der Waals surface area contributed by atoms with Gasteiger partial charge in [0.05, 0.1) is 0 Å². The standard InChI is InChI=1S/C17H34N2/c1-3-18-17-12-8-9-15(17)13-14-19(4-2)16-10-6-5-7-11-16/h15-18H,3-14H2,1-2H3. The summed E-state index contributed by atoms with van der Waals surface area (Å²) in [4.78, 5) is 2.78. The second-order valence-corrected chi connectivity index (χ2v) is 6.56. The molecule has 112 valence electrons. The van der Waals surface area contributed by atoms with Gasteiger partial charge in [0.25, 0.3) is 0 Å². The maximum atomic E-state index is 3.70.